The highest BCUT2D eigenvalue weighted by Gasteiger charge is 2.12. The smallest absolute Gasteiger partial charge is 0.335 e. The standard InChI is InChI=1S/C24H23NO4/c1-15-22(10-9-21(16(2)26)23(15)27)25-14-19-7-3-5-17(12-19)11-18-6-4-8-20(13-18)24(28)29/h3-10,12-13,25,27H,11,14H2,1-2H3,(H,28,29). The molecule has 0 unspecified atom stereocenters. The number of aromatic hydroxyl groups is 1. The van der Waals surface area contributed by atoms with Crippen LogP contribution in [0, 0.1) is 6.92 Å². The lowest BCUT2D eigenvalue weighted by molar-refractivity contribution is 0.0696. The lowest BCUT2D eigenvalue weighted by atomic mass is 10.0. The summed E-state index contributed by atoms with van der Waals surface area (Å²) >= 11 is 0. The summed E-state index contributed by atoms with van der Waals surface area (Å²) in [4.78, 5) is 22.7. The minimum Gasteiger partial charge on any atom is -0.507 e. The van der Waals surface area contributed by atoms with Gasteiger partial charge in [-0.05, 0) is 61.2 Å². The molecule has 0 saturated carbocycles. The number of rotatable bonds is 7. The minimum atomic E-state index is -0.931. The Labute approximate surface area is 169 Å². The van der Waals surface area contributed by atoms with E-state index in [0.717, 1.165) is 22.4 Å². The van der Waals surface area contributed by atoms with E-state index in [-0.39, 0.29) is 17.1 Å². The number of Topliss-reactive ketones (excluding diaryl/α,β-unsaturated/α-hetero) is 1. The van der Waals surface area contributed by atoms with E-state index < -0.39 is 5.97 Å². The van der Waals surface area contributed by atoms with E-state index in [1.807, 2.05) is 24.3 Å². The second kappa shape index (κ2) is 8.61. The third-order valence-electron chi connectivity index (χ3n) is 4.87. The first-order chi connectivity index (χ1) is 13.8. The van der Waals surface area contributed by atoms with Gasteiger partial charge in [0.2, 0.25) is 0 Å². The van der Waals surface area contributed by atoms with Gasteiger partial charge in [-0.1, -0.05) is 36.4 Å². The number of ketones is 1. The number of aromatic carboxylic acids is 1. The van der Waals surface area contributed by atoms with Crippen molar-refractivity contribution in [3.8, 4) is 5.75 Å². The average Bonchev–Trinajstić information content (AvgIpc) is 2.69. The monoisotopic (exact) mass is 389 g/mol. The molecule has 3 aromatic rings. The molecular weight excluding hydrogens is 366 g/mol. The van der Waals surface area contributed by atoms with E-state index in [0.29, 0.717) is 24.1 Å². The molecule has 0 bridgehead atoms. The molecule has 0 amide bonds. The summed E-state index contributed by atoms with van der Waals surface area (Å²) in [6, 6.07) is 18.4. The molecule has 3 rings (SSSR count). The predicted octanol–water partition coefficient (Wildman–Crippen LogP) is 4.80. The Kier molecular flexibility index (Phi) is 5.98. The molecule has 0 saturated heterocycles. The first-order valence-corrected chi connectivity index (χ1v) is 9.32. The fourth-order valence-corrected chi connectivity index (χ4v) is 3.27. The minimum absolute atomic E-state index is 0.00885. The lowest BCUT2D eigenvalue weighted by Crippen LogP contribution is -2.04. The normalized spacial score (nSPS) is 10.6. The SMILES string of the molecule is CC(=O)c1ccc(NCc2cccc(Cc3cccc(C(=O)O)c3)c2)c(C)c1O. The van der Waals surface area contributed by atoms with Gasteiger partial charge < -0.3 is 15.5 Å². The van der Waals surface area contributed by atoms with Crippen LogP contribution in [0.5, 0.6) is 5.75 Å². The van der Waals surface area contributed by atoms with Crippen molar-refractivity contribution in [3.63, 3.8) is 0 Å². The molecule has 148 valence electrons. The van der Waals surface area contributed by atoms with Crippen LogP contribution in [-0.2, 0) is 13.0 Å². The van der Waals surface area contributed by atoms with Gasteiger partial charge in [0, 0.05) is 17.8 Å². The maximum atomic E-state index is 11.5. The van der Waals surface area contributed by atoms with Gasteiger partial charge in [-0.25, -0.2) is 4.79 Å². The van der Waals surface area contributed by atoms with Crippen LogP contribution in [0.4, 0.5) is 5.69 Å². The van der Waals surface area contributed by atoms with Gasteiger partial charge in [0.15, 0.2) is 5.78 Å². The zero-order chi connectivity index (χ0) is 21.0. The first kappa shape index (κ1) is 20.1. The number of carbonyl (C=O) groups is 2. The highest BCUT2D eigenvalue weighted by Crippen LogP contribution is 2.29. The van der Waals surface area contributed by atoms with Crippen molar-refractivity contribution in [1.29, 1.82) is 0 Å². The molecule has 5 nitrogen and oxygen atoms in total. The molecule has 5 heteroatoms. The van der Waals surface area contributed by atoms with Gasteiger partial charge in [-0.3, -0.25) is 4.79 Å². The number of hydrogen-bond donors (Lipinski definition) is 3. The van der Waals surface area contributed by atoms with E-state index in [1.54, 1.807) is 37.3 Å². The van der Waals surface area contributed by atoms with E-state index >= 15 is 0 Å². The number of benzene rings is 3. The molecular formula is C24H23NO4. The van der Waals surface area contributed by atoms with Crippen molar-refractivity contribution < 1.29 is 19.8 Å². The number of anilines is 1. The van der Waals surface area contributed by atoms with Gasteiger partial charge in [0.1, 0.15) is 5.75 Å². The van der Waals surface area contributed by atoms with Crippen LogP contribution in [0.25, 0.3) is 0 Å². The zero-order valence-corrected chi connectivity index (χ0v) is 16.4. The second-order valence-electron chi connectivity index (χ2n) is 7.05. The van der Waals surface area contributed by atoms with Gasteiger partial charge >= 0.3 is 5.97 Å². The van der Waals surface area contributed by atoms with E-state index in [1.165, 1.54) is 6.92 Å². The molecule has 29 heavy (non-hydrogen) atoms. The zero-order valence-electron chi connectivity index (χ0n) is 16.4. The van der Waals surface area contributed by atoms with Crippen LogP contribution in [0.2, 0.25) is 0 Å². The molecule has 0 radical (unpaired) electrons. The molecule has 0 aromatic heterocycles. The molecule has 0 aliphatic rings. The van der Waals surface area contributed by atoms with Gasteiger partial charge in [0.25, 0.3) is 0 Å². The molecule has 0 aliphatic carbocycles. The van der Waals surface area contributed by atoms with Crippen molar-refractivity contribution in [2.45, 2.75) is 26.8 Å². The third kappa shape index (κ3) is 4.82. The van der Waals surface area contributed by atoms with Crippen LogP contribution < -0.4 is 5.32 Å². The number of phenols is 1. The number of hydrogen-bond acceptors (Lipinski definition) is 4. The van der Waals surface area contributed by atoms with E-state index in [4.69, 9.17) is 5.11 Å². The van der Waals surface area contributed by atoms with Crippen LogP contribution in [0.1, 0.15) is 49.9 Å². The number of carboxylic acids is 1. The average molecular weight is 389 g/mol. The summed E-state index contributed by atoms with van der Waals surface area (Å²) in [7, 11) is 0. The van der Waals surface area contributed by atoms with Gasteiger partial charge in [-0.2, -0.15) is 0 Å². The fourth-order valence-electron chi connectivity index (χ4n) is 3.27. The lowest BCUT2D eigenvalue weighted by Gasteiger charge is -2.13. The highest BCUT2D eigenvalue weighted by molar-refractivity contribution is 5.97. The second-order valence-corrected chi connectivity index (χ2v) is 7.05. The Morgan fingerprint density at radius 2 is 1.59 bits per heavy atom. The van der Waals surface area contributed by atoms with Crippen LogP contribution >= 0.6 is 0 Å². The topological polar surface area (TPSA) is 86.6 Å². The molecule has 0 heterocycles. The van der Waals surface area contributed by atoms with E-state index in [9.17, 15) is 14.7 Å². The molecule has 3 aromatic carbocycles. The molecule has 0 fully saturated rings. The molecule has 0 aliphatic heterocycles. The third-order valence-corrected chi connectivity index (χ3v) is 4.87. The predicted molar refractivity (Wildman–Crippen MR) is 113 cm³/mol. The summed E-state index contributed by atoms with van der Waals surface area (Å²) < 4.78 is 0. The Bertz CT molecular complexity index is 1070. The summed E-state index contributed by atoms with van der Waals surface area (Å²) in [5.74, 6) is -1.09. The number of carbonyl (C=O) groups excluding carboxylic acids is 1. The Morgan fingerprint density at radius 1 is 0.931 bits per heavy atom. The molecule has 3 N–H and O–H groups in total. The Balaban J connectivity index is 1.72. The van der Waals surface area contributed by atoms with Crippen molar-refractivity contribution in [2.24, 2.45) is 0 Å². The summed E-state index contributed by atoms with van der Waals surface area (Å²) in [5, 5.41) is 22.7. The van der Waals surface area contributed by atoms with Crippen molar-refractivity contribution in [1.82, 2.24) is 0 Å². The van der Waals surface area contributed by atoms with Crippen molar-refractivity contribution >= 4 is 17.4 Å². The largest absolute Gasteiger partial charge is 0.507 e. The van der Waals surface area contributed by atoms with Crippen LogP contribution in [-0.4, -0.2) is 22.0 Å². The molecule has 0 spiro atoms. The maximum Gasteiger partial charge on any atom is 0.335 e. The Morgan fingerprint density at radius 3 is 2.28 bits per heavy atom. The Hall–Kier alpha value is -3.60. The first-order valence-electron chi connectivity index (χ1n) is 9.32. The number of nitrogens with one attached hydrogen (secondary N) is 1. The van der Waals surface area contributed by atoms with Gasteiger partial charge in [-0.15, -0.1) is 0 Å². The van der Waals surface area contributed by atoms with Gasteiger partial charge in [0.05, 0.1) is 11.1 Å². The number of phenolic OH excluding ortho intramolecular Hbond substituents is 1. The summed E-state index contributed by atoms with van der Waals surface area (Å²) in [6.45, 7) is 3.76. The van der Waals surface area contributed by atoms with Crippen molar-refractivity contribution in [3.05, 3.63) is 94.0 Å². The quantitative estimate of drug-likeness (QED) is 0.505. The van der Waals surface area contributed by atoms with Crippen LogP contribution in [0.3, 0.4) is 0 Å². The summed E-state index contributed by atoms with van der Waals surface area (Å²) in [5.41, 5.74) is 5.09. The summed E-state index contributed by atoms with van der Waals surface area (Å²) in [6.07, 6.45) is 0.641. The fraction of sp³-hybridized carbons (Fsp3) is 0.167. The van der Waals surface area contributed by atoms with Crippen LogP contribution in [0.15, 0.2) is 60.7 Å². The molecule has 0 atom stereocenters. The van der Waals surface area contributed by atoms with E-state index in [2.05, 4.69) is 11.4 Å². The maximum absolute atomic E-state index is 11.5. The number of carboxylic acid groups (broad SMARTS) is 1. The van der Waals surface area contributed by atoms with Crippen molar-refractivity contribution in [2.75, 3.05) is 5.32 Å². The highest BCUT2D eigenvalue weighted by atomic mass is 16.4.